The molecule has 28 heavy (non-hydrogen) atoms. The summed E-state index contributed by atoms with van der Waals surface area (Å²) in [6, 6.07) is 14.6. The van der Waals surface area contributed by atoms with Gasteiger partial charge in [0.1, 0.15) is 5.56 Å². The predicted octanol–water partition coefficient (Wildman–Crippen LogP) is 3.96. The van der Waals surface area contributed by atoms with E-state index in [1.165, 1.54) is 22.6 Å². The van der Waals surface area contributed by atoms with Crippen LogP contribution < -0.4 is 5.32 Å². The van der Waals surface area contributed by atoms with Gasteiger partial charge >= 0.3 is 0 Å². The summed E-state index contributed by atoms with van der Waals surface area (Å²) in [6.07, 6.45) is 4.13. The van der Waals surface area contributed by atoms with Gasteiger partial charge in [0.2, 0.25) is 0 Å². The van der Waals surface area contributed by atoms with Crippen molar-refractivity contribution < 1.29 is 9.72 Å². The average Bonchev–Trinajstić information content (AvgIpc) is 2.73. The van der Waals surface area contributed by atoms with Crippen molar-refractivity contribution in [2.24, 2.45) is 5.92 Å². The Morgan fingerprint density at radius 1 is 1.18 bits per heavy atom. The highest BCUT2D eigenvalue weighted by molar-refractivity contribution is 7.98. The van der Waals surface area contributed by atoms with Gasteiger partial charge < -0.3 is 5.32 Å². The Balaban J connectivity index is 1.48. The van der Waals surface area contributed by atoms with Crippen molar-refractivity contribution >= 4 is 23.4 Å². The number of rotatable bonds is 7. The van der Waals surface area contributed by atoms with Crippen molar-refractivity contribution in [2.75, 3.05) is 25.9 Å². The Hall–Kier alpha value is -2.38. The quantitative estimate of drug-likeness (QED) is 0.433. The smallest absolute Gasteiger partial charge is 0.282 e. The van der Waals surface area contributed by atoms with Crippen LogP contribution in [0.3, 0.4) is 0 Å². The van der Waals surface area contributed by atoms with Gasteiger partial charge in [-0.3, -0.25) is 19.8 Å². The molecule has 1 saturated heterocycles. The normalized spacial score (nSPS) is 15.3. The second kappa shape index (κ2) is 9.71. The third-order valence-corrected chi connectivity index (χ3v) is 6.03. The molecule has 0 aromatic heterocycles. The van der Waals surface area contributed by atoms with Crippen molar-refractivity contribution in [3.63, 3.8) is 0 Å². The van der Waals surface area contributed by atoms with E-state index in [9.17, 15) is 14.9 Å². The zero-order valence-corrected chi connectivity index (χ0v) is 16.8. The van der Waals surface area contributed by atoms with Crippen LogP contribution in [0.5, 0.6) is 0 Å². The van der Waals surface area contributed by atoms with Crippen LogP contribution in [0.2, 0.25) is 0 Å². The molecule has 148 valence electrons. The zero-order valence-electron chi connectivity index (χ0n) is 16.0. The fourth-order valence-electron chi connectivity index (χ4n) is 3.58. The maximum atomic E-state index is 12.4. The fraction of sp³-hybridized carbons (Fsp3) is 0.381. The molecule has 1 N–H and O–H groups in total. The lowest BCUT2D eigenvalue weighted by Crippen LogP contribution is -2.38. The molecule has 1 amide bonds. The van der Waals surface area contributed by atoms with Crippen LogP contribution in [-0.2, 0) is 6.54 Å². The topological polar surface area (TPSA) is 75.5 Å². The molecule has 0 unspecified atom stereocenters. The molecule has 1 aliphatic rings. The minimum Gasteiger partial charge on any atom is -0.352 e. The van der Waals surface area contributed by atoms with Gasteiger partial charge in [-0.1, -0.05) is 30.3 Å². The van der Waals surface area contributed by atoms with Gasteiger partial charge in [0.25, 0.3) is 11.6 Å². The molecule has 0 saturated carbocycles. The van der Waals surface area contributed by atoms with Gasteiger partial charge in [-0.25, -0.2) is 0 Å². The number of hydrogen-bond donors (Lipinski definition) is 1. The maximum absolute atomic E-state index is 12.4. The first-order valence-corrected chi connectivity index (χ1v) is 10.7. The van der Waals surface area contributed by atoms with E-state index in [0.29, 0.717) is 12.5 Å². The summed E-state index contributed by atoms with van der Waals surface area (Å²) in [4.78, 5) is 26.7. The summed E-state index contributed by atoms with van der Waals surface area (Å²) in [5.74, 6) is 0.0300. The highest BCUT2D eigenvalue weighted by Crippen LogP contribution is 2.24. The van der Waals surface area contributed by atoms with Gasteiger partial charge in [0.05, 0.1) is 4.92 Å². The number of carbonyl (C=O) groups is 1. The number of piperidine rings is 1. The van der Waals surface area contributed by atoms with Crippen molar-refractivity contribution in [1.82, 2.24) is 10.2 Å². The third-order valence-electron chi connectivity index (χ3n) is 5.19. The van der Waals surface area contributed by atoms with Crippen molar-refractivity contribution in [3.8, 4) is 0 Å². The van der Waals surface area contributed by atoms with E-state index in [-0.39, 0.29) is 17.2 Å². The largest absolute Gasteiger partial charge is 0.352 e. The fourth-order valence-corrected chi connectivity index (χ4v) is 4.19. The summed E-state index contributed by atoms with van der Waals surface area (Å²) >= 11 is 1.77. The van der Waals surface area contributed by atoms with Crippen LogP contribution in [0.1, 0.15) is 28.8 Å². The lowest BCUT2D eigenvalue weighted by Gasteiger charge is -2.32. The number of nitrogens with zero attached hydrogens (tertiary/aromatic N) is 2. The molecule has 0 spiro atoms. The first-order chi connectivity index (χ1) is 13.6. The number of nitrogens with one attached hydrogen (secondary N) is 1. The Kier molecular flexibility index (Phi) is 7.06. The molecule has 0 bridgehead atoms. The molecule has 2 aromatic rings. The zero-order chi connectivity index (χ0) is 19.9. The molecule has 1 aliphatic heterocycles. The van der Waals surface area contributed by atoms with E-state index >= 15 is 0 Å². The van der Waals surface area contributed by atoms with Gasteiger partial charge in [-0.2, -0.15) is 0 Å². The average molecular weight is 400 g/mol. The number of likely N-dealkylation sites (tertiary alicyclic amines) is 1. The minimum atomic E-state index is -0.514. The first kappa shape index (κ1) is 20.4. The molecule has 2 aromatic carbocycles. The van der Waals surface area contributed by atoms with Gasteiger partial charge in [0, 0.05) is 24.1 Å². The second-order valence-electron chi connectivity index (χ2n) is 7.02. The monoisotopic (exact) mass is 399 g/mol. The number of benzene rings is 2. The van der Waals surface area contributed by atoms with E-state index in [1.54, 1.807) is 23.9 Å². The summed E-state index contributed by atoms with van der Waals surface area (Å²) in [5, 5.41) is 14.0. The SMILES string of the molecule is CSc1ccccc1CN1CCC(CNC(=O)c2ccccc2[N+](=O)[O-])CC1. The molecule has 0 atom stereocenters. The lowest BCUT2D eigenvalue weighted by molar-refractivity contribution is -0.385. The third kappa shape index (κ3) is 5.11. The van der Waals surface area contributed by atoms with E-state index in [1.807, 2.05) is 0 Å². The lowest BCUT2D eigenvalue weighted by atomic mass is 9.96. The maximum Gasteiger partial charge on any atom is 0.282 e. The van der Waals surface area contributed by atoms with Crippen molar-refractivity contribution in [3.05, 3.63) is 69.8 Å². The number of nitro benzene ring substituents is 1. The summed E-state index contributed by atoms with van der Waals surface area (Å²) < 4.78 is 0. The number of nitro groups is 1. The van der Waals surface area contributed by atoms with Gasteiger partial charge in [-0.05, 0) is 55.8 Å². The molecule has 1 fully saturated rings. The second-order valence-corrected chi connectivity index (χ2v) is 7.86. The Morgan fingerprint density at radius 2 is 1.86 bits per heavy atom. The van der Waals surface area contributed by atoms with E-state index in [2.05, 4.69) is 40.7 Å². The van der Waals surface area contributed by atoms with Crippen LogP contribution in [-0.4, -0.2) is 41.6 Å². The Morgan fingerprint density at radius 3 is 2.57 bits per heavy atom. The molecule has 0 radical (unpaired) electrons. The van der Waals surface area contributed by atoms with Crippen LogP contribution in [0.15, 0.2) is 53.4 Å². The van der Waals surface area contributed by atoms with E-state index in [4.69, 9.17) is 0 Å². The summed E-state index contributed by atoms with van der Waals surface area (Å²) in [6.45, 7) is 3.50. The Bertz CT molecular complexity index is 835. The molecular weight excluding hydrogens is 374 g/mol. The molecule has 1 heterocycles. The summed E-state index contributed by atoms with van der Waals surface area (Å²) in [5.41, 5.74) is 1.33. The van der Waals surface area contributed by atoms with Gasteiger partial charge in [-0.15, -0.1) is 11.8 Å². The molecule has 7 heteroatoms. The molecule has 6 nitrogen and oxygen atoms in total. The van der Waals surface area contributed by atoms with E-state index in [0.717, 1.165) is 32.5 Å². The van der Waals surface area contributed by atoms with Crippen molar-refractivity contribution in [2.45, 2.75) is 24.3 Å². The standard InChI is InChI=1S/C21H25N3O3S/c1-28-20-9-5-2-6-17(20)15-23-12-10-16(11-13-23)14-22-21(25)18-7-3-4-8-19(18)24(26)27/h2-9,16H,10-15H2,1H3,(H,22,25). The number of para-hydroxylation sites is 1. The Labute approximate surface area is 169 Å². The highest BCUT2D eigenvalue weighted by atomic mass is 32.2. The first-order valence-electron chi connectivity index (χ1n) is 9.44. The van der Waals surface area contributed by atoms with Crippen LogP contribution in [0.25, 0.3) is 0 Å². The molecule has 0 aliphatic carbocycles. The van der Waals surface area contributed by atoms with E-state index < -0.39 is 4.92 Å². The minimum absolute atomic E-state index is 0.124. The van der Waals surface area contributed by atoms with Gasteiger partial charge in [0.15, 0.2) is 0 Å². The molecule has 3 rings (SSSR count). The van der Waals surface area contributed by atoms with Crippen LogP contribution in [0, 0.1) is 16.0 Å². The number of thioether (sulfide) groups is 1. The molecular formula is C21H25N3O3S. The van der Waals surface area contributed by atoms with Crippen LogP contribution >= 0.6 is 11.8 Å². The number of hydrogen-bond acceptors (Lipinski definition) is 5. The number of carbonyl (C=O) groups excluding carboxylic acids is 1. The van der Waals surface area contributed by atoms with Crippen molar-refractivity contribution in [1.29, 1.82) is 0 Å². The highest BCUT2D eigenvalue weighted by Gasteiger charge is 2.23. The van der Waals surface area contributed by atoms with Crippen LogP contribution in [0.4, 0.5) is 5.69 Å². The summed E-state index contributed by atoms with van der Waals surface area (Å²) in [7, 11) is 0. The predicted molar refractivity (Wildman–Crippen MR) is 112 cm³/mol. The number of amides is 1.